The van der Waals surface area contributed by atoms with Crippen LogP contribution in [0.4, 0.5) is 17.1 Å². The third kappa shape index (κ3) is 8.01. The Morgan fingerprint density at radius 2 is 0.785 bits per heavy atom. The minimum atomic E-state index is 0.202. The summed E-state index contributed by atoms with van der Waals surface area (Å²) in [5, 5.41) is 5.01. The Morgan fingerprint density at radius 3 is 1.43 bits per heavy atom. The number of hydrogen-bond acceptors (Lipinski definition) is 1. The standard InChI is InChI=1S/C64H47N/c1-5-19-49(20-6-1)61-43-46(44-62(50-21-7-2-8-22-50)60-33-17-27-47-25-13-15-31-56(47)60)35-41-57(61)52-36-38-53(39-37-52)58-42-40-55(45-63(58)51-23-9-3-10-24-51)65(54-29-11-4-12-30-54)64-34-18-28-48-26-14-16-32-59(48)64/h1-43,45,62H,44H2. The van der Waals surface area contributed by atoms with Gasteiger partial charge < -0.3 is 4.90 Å². The first kappa shape index (κ1) is 39.6. The lowest BCUT2D eigenvalue weighted by molar-refractivity contribution is 0.812. The van der Waals surface area contributed by atoms with E-state index in [1.807, 2.05) is 0 Å². The molecule has 1 nitrogen and oxygen atoms in total. The molecule has 0 amide bonds. The van der Waals surface area contributed by atoms with Crippen molar-refractivity contribution in [3.8, 4) is 44.5 Å². The number of benzene rings is 11. The molecule has 0 bridgehead atoms. The fourth-order valence-corrected chi connectivity index (χ4v) is 9.73. The van der Waals surface area contributed by atoms with Gasteiger partial charge in [0.05, 0.1) is 5.69 Å². The molecule has 11 aromatic carbocycles. The largest absolute Gasteiger partial charge is 0.310 e. The lowest BCUT2D eigenvalue weighted by atomic mass is 9.82. The van der Waals surface area contributed by atoms with E-state index >= 15 is 0 Å². The van der Waals surface area contributed by atoms with Crippen molar-refractivity contribution in [3.63, 3.8) is 0 Å². The smallest absolute Gasteiger partial charge is 0.0540 e. The third-order valence-electron chi connectivity index (χ3n) is 12.9. The van der Waals surface area contributed by atoms with E-state index in [9.17, 15) is 0 Å². The fraction of sp³-hybridized carbons (Fsp3) is 0.0312. The van der Waals surface area contributed by atoms with Crippen LogP contribution >= 0.6 is 0 Å². The molecule has 0 aromatic heterocycles. The van der Waals surface area contributed by atoms with Gasteiger partial charge in [-0.1, -0.05) is 237 Å². The Balaban J connectivity index is 0.987. The first-order valence-electron chi connectivity index (χ1n) is 22.6. The molecule has 65 heavy (non-hydrogen) atoms. The van der Waals surface area contributed by atoms with Gasteiger partial charge in [-0.25, -0.2) is 0 Å². The summed E-state index contributed by atoms with van der Waals surface area (Å²) < 4.78 is 0. The van der Waals surface area contributed by atoms with Crippen molar-refractivity contribution in [1.29, 1.82) is 0 Å². The van der Waals surface area contributed by atoms with Crippen molar-refractivity contribution in [2.24, 2.45) is 0 Å². The molecule has 0 spiro atoms. The molecule has 0 fully saturated rings. The molecule has 0 N–H and O–H groups in total. The maximum absolute atomic E-state index is 2.43. The van der Waals surface area contributed by atoms with Gasteiger partial charge in [0.25, 0.3) is 0 Å². The van der Waals surface area contributed by atoms with E-state index in [-0.39, 0.29) is 5.92 Å². The molecule has 308 valence electrons. The van der Waals surface area contributed by atoms with E-state index in [1.54, 1.807) is 0 Å². The second-order valence-corrected chi connectivity index (χ2v) is 16.8. The Hall–Kier alpha value is -8.26. The van der Waals surface area contributed by atoms with Crippen molar-refractivity contribution < 1.29 is 0 Å². The first-order chi connectivity index (χ1) is 32.2. The first-order valence-corrected chi connectivity index (χ1v) is 22.6. The highest BCUT2D eigenvalue weighted by atomic mass is 15.1. The topological polar surface area (TPSA) is 3.24 Å². The number of hydrogen-bond donors (Lipinski definition) is 0. The number of para-hydroxylation sites is 1. The second-order valence-electron chi connectivity index (χ2n) is 16.8. The lowest BCUT2D eigenvalue weighted by Gasteiger charge is -2.28. The normalized spacial score (nSPS) is 11.7. The molecule has 0 aliphatic heterocycles. The Bertz CT molecular complexity index is 3370. The maximum atomic E-state index is 2.43. The zero-order chi connectivity index (χ0) is 43.4. The summed E-state index contributed by atoms with van der Waals surface area (Å²) in [4.78, 5) is 2.39. The van der Waals surface area contributed by atoms with Crippen LogP contribution in [0.2, 0.25) is 0 Å². The number of nitrogens with zero attached hydrogens (tertiary/aromatic N) is 1. The van der Waals surface area contributed by atoms with E-state index in [2.05, 4.69) is 272 Å². The van der Waals surface area contributed by atoms with Crippen LogP contribution in [0, 0.1) is 0 Å². The summed E-state index contributed by atoms with van der Waals surface area (Å²) in [7, 11) is 0. The molecular weight excluding hydrogens is 783 g/mol. The van der Waals surface area contributed by atoms with Crippen LogP contribution in [-0.2, 0) is 6.42 Å². The Kier molecular flexibility index (Phi) is 10.9. The van der Waals surface area contributed by atoms with E-state index in [1.165, 1.54) is 82.7 Å². The van der Waals surface area contributed by atoms with Gasteiger partial charge in [-0.15, -0.1) is 0 Å². The number of rotatable bonds is 11. The summed E-state index contributed by atoms with van der Waals surface area (Å²) in [6, 6.07) is 97.4. The summed E-state index contributed by atoms with van der Waals surface area (Å²) in [5.74, 6) is 0.202. The van der Waals surface area contributed by atoms with Crippen molar-refractivity contribution in [2.45, 2.75) is 12.3 Å². The highest BCUT2D eigenvalue weighted by Crippen LogP contribution is 2.44. The highest BCUT2D eigenvalue weighted by molar-refractivity contribution is 6.00. The van der Waals surface area contributed by atoms with Gasteiger partial charge in [-0.2, -0.15) is 0 Å². The molecule has 1 atom stereocenters. The van der Waals surface area contributed by atoms with E-state index < -0.39 is 0 Å². The Labute approximate surface area is 382 Å². The molecule has 0 heterocycles. The van der Waals surface area contributed by atoms with Crippen LogP contribution in [0.1, 0.15) is 22.6 Å². The highest BCUT2D eigenvalue weighted by Gasteiger charge is 2.21. The van der Waals surface area contributed by atoms with E-state index in [0.29, 0.717) is 0 Å². The van der Waals surface area contributed by atoms with E-state index in [4.69, 9.17) is 0 Å². The third-order valence-corrected chi connectivity index (χ3v) is 12.9. The maximum Gasteiger partial charge on any atom is 0.0540 e. The van der Waals surface area contributed by atoms with Crippen molar-refractivity contribution in [1.82, 2.24) is 0 Å². The number of anilines is 3. The molecule has 0 radical (unpaired) electrons. The summed E-state index contributed by atoms with van der Waals surface area (Å²) in [6.07, 6.45) is 0.886. The van der Waals surface area contributed by atoms with Gasteiger partial charge in [-0.3, -0.25) is 0 Å². The van der Waals surface area contributed by atoms with Gasteiger partial charge in [-0.05, 0) is 114 Å². The van der Waals surface area contributed by atoms with Crippen molar-refractivity contribution in [3.05, 3.63) is 284 Å². The monoisotopic (exact) mass is 829 g/mol. The van der Waals surface area contributed by atoms with E-state index in [0.717, 1.165) is 23.5 Å². The van der Waals surface area contributed by atoms with Crippen LogP contribution in [0.15, 0.2) is 267 Å². The van der Waals surface area contributed by atoms with Crippen LogP contribution in [0.5, 0.6) is 0 Å². The van der Waals surface area contributed by atoms with Gasteiger partial charge in [0, 0.05) is 22.7 Å². The van der Waals surface area contributed by atoms with Gasteiger partial charge in [0.1, 0.15) is 0 Å². The summed E-state index contributed by atoms with van der Waals surface area (Å²) >= 11 is 0. The molecule has 11 rings (SSSR count). The molecule has 11 aromatic rings. The van der Waals surface area contributed by atoms with Gasteiger partial charge >= 0.3 is 0 Å². The summed E-state index contributed by atoms with van der Waals surface area (Å²) in [5.41, 5.74) is 17.0. The minimum Gasteiger partial charge on any atom is -0.310 e. The fourth-order valence-electron chi connectivity index (χ4n) is 9.73. The van der Waals surface area contributed by atoms with Crippen LogP contribution < -0.4 is 4.90 Å². The zero-order valence-corrected chi connectivity index (χ0v) is 36.1. The predicted molar refractivity (Wildman–Crippen MR) is 276 cm³/mol. The molecular formula is C64H47N. The molecule has 0 saturated heterocycles. The Morgan fingerprint density at radius 1 is 0.308 bits per heavy atom. The molecule has 1 unspecified atom stereocenters. The van der Waals surface area contributed by atoms with Crippen LogP contribution in [-0.4, -0.2) is 0 Å². The average molecular weight is 830 g/mol. The second kappa shape index (κ2) is 17.8. The zero-order valence-electron chi connectivity index (χ0n) is 36.1. The van der Waals surface area contributed by atoms with Crippen molar-refractivity contribution in [2.75, 3.05) is 4.90 Å². The molecule has 0 aliphatic rings. The summed E-state index contributed by atoms with van der Waals surface area (Å²) in [6.45, 7) is 0. The average Bonchev–Trinajstić information content (AvgIpc) is 3.39. The van der Waals surface area contributed by atoms with Gasteiger partial charge in [0.15, 0.2) is 0 Å². The molecule has 0 aliphatic carbocycles. The lowest BCUT2D eigenvalue weighted by Crippen LogP contribution is -2.10. The van der Waals surface area contributed by atoms with Gasteiger partial charge in [0.2, 0.25) is 0 Å². The van der Waals surface area contributed by atoms with Crippen LogP contribution in [0.25, 0.3) is 66.1 Å². The van der Waals surface area contributed by atoms with Crippen LogP contribution in [0.3, 0.4) is 0 Å². The quantitative estimate of drug-likeness (QED) is 0.126. The minimum absolute atomic E-state index is 0.202. The van der Waals surface area contributed by atoms with Crippen molar-refractivity contribution >= 4 is 38.6 Å². The number of fused-ring (bicyclic) bond motifs is 2. The molecule has 1 heteroatoms. The molecule has 0 saturated carbocycles. The predicted octanol–water partition coefficient (Wildman–Crippen LogP) is 17.5. The SMILES string of the molecule is c1ccc(-c2cc(CC(c3ccccc3)c3cccc4ccccc34)ccc2-c2ccc(-c3ccc(N(c4ccccc4)c4cccc5ccccc45)cc3-c3ccccc3)cc2)cc1.